The Morgan fingerprint density at radius 3 is 2.00 bits per heavy atom. The Hall–Kier alpha value is -0.800. The van der Waals surface area contributed by atoms with E-state index < -0.39 is 10.2 Å². The van der Waals surface area contributed by atoms with Gasteiger partial charge in [0.25, 0.3) is 4.88 Å². The summed E-state index contributed by atoms with van der Waals surface area (Å²) in [5.41, 5.74) is 1.26. The van der Waals surface area contributed by atoms with Crippen LogP contribution in [-0.4, -0.2) is 7.11 Å². The number of rotatable bonds is 2. The minimum absolute atomic E-state index is 0.908. The summed E-state index contributed by atoms with van der Waals surface area (Å²) in [4.78, 5) is 2.69. The van der Waals surface area contributed by atoms with Crippen molar-refractivity contribution in [3.63, 3.8) is 0 Å². The van der Waals surface area contributed by atoms with Crippen molar-refractivity contribution >= 4 is 20.7 Å². The molecule has 0 saturated carbocycles. The smallest absolute Gasteiger partial charge is 0.300 e. The van der Waals surface area contributed by atoms with Crippen molar-refractivity contribution in [3.8, 4) is 16.2 Å². The fourth-order valence-corrected chi connectivity index (χ4v) is 3.39. The number of halogens is 1. The highest BCUT2D eigenvalue weighted by Gasteiger charge is 2.13. The molecular weight excluding hydrogens is 312 g/mol. The summed E-state index contributed by atoms with van der Waals surface area (Å²) in [5, 5.41) is 0. The molecule has 0 aliphatic rings. The zero-order valence-electron chi connectivity index (χ0n) is 10.1. The van der Waals surface area contributed by atoms with Gasteiger partial charge < -0.3 is 4.74 Å². The van der Waals surface area contributed by atoms with Gasteiger partial charge in [-0.25, -0.2) is 18.6 Å². The molecule has 0 spiro atoms. The van der Waals surface area contributed by atoms with Crippen LogP contribution in [0.2, 0.25) is 0 Å². The Morgan fingerprint density at radius 2 is 1.63 bits per heavy atom. The Bertz CT molecular complexity index is 501. The Kier molecular flexibility index (Phi) is 6.08. The second kappa shape index (κ2) is 7.11. The minimum Gasteiger partial charge on any atom is -0.497 e. The predicted octanol–water partition coefficient (Wildman–Crippen LogP) is -0.681. The van der Waals surface area contributed by atoms with Gasteiger partial charge in [0.1, 0.15) is 5.75 Å². The molecule has 0 bridgehead atoms. The van der Waals surface area contributed by atoms with E-state index in [-0.39, 0.29) is 0 Å². The SMILES string of the molecule is COc1ccc(-c2cc(C)s[s+]2)cc1.[O-][Cl+3]([O-])([O-])[O-]. The summed E-state index contributed by atoms with van der Waals surface area (Å²) in [6.45, 7) is 2.13. The molecule has 104 valence electrons. The van der Waals surface area contributed by atoms with Gasteiger partial charge in [0.15, 0.2) is 10.3 Å². The molecule has 5 nitrogen and oxygen atoms in total. The maximum absolute atomic E-state index is 8.49. The second-order valence-electron chi connectivity index (χ2n) is 3.39. The van der Waals surface area contributed by atoms with Crippen LogP contribution in [0.4, 0.5) is 0 Å². The van der Waals surface area contributed by atoms with Crippen LogP contribution in [0.5, 0.6) is 5.75 Å². The number of methoxy groups -OCH3 is 1. The average Bonchev–Trinajstić information content (AvgIpc) is 2.74. The van der Waals surface area contributed by atoms with E-state index in [1.54, 1.807) is 7.11 Å². The van der Waals surface area contributed by atoms with Crippen molar-refractivity contribution < 1.29 is 33.6 Å². The van der Waals surface area contributed by atoms with Crippen molar-refractivity contribution in [2.75, 3.05) is 7.11 Å². The number of hydrogen-bond donors (Lipinski definition) is 0. The molecule has 0 fully saturated rings. The lowest BCUT2D eigenvalue weighted by Crippen LogP contribution is -2.68. The average molecular weight is 323 g/mol. The highest BCUT2D eigenvalue weighted by atomic mass is 35.7. The molecule has 0 aliphatic carbocycles. The summed E-state index contributed by atoms with van der Waals surface area (Å²) in [5.74, 6) is 0.908. The van der Waals surface area contributed by atoms with Crippen molar-refractivity contribution in [2.24, 2.45) is 0 Å². The van der Waals surface area contributed by atoms with Crippen LogP contribution in [0, 0.1) is 17.2 Å². The van der Waals surface area contributed by atoms with Crippen molar-refractivity contribution in [2.45, 2.75) is 6.92 Å². The quantitative estimate of drug-likeness (QED) is 0.538. The highest BCUT2D eigenvalue weighted by molar-refractivity contribution is 7.70. The van der Waals surface area contributed by atoms with Gasteiger partial charge in [-0.2, -0.15) is 0 Å². The lowest BCUT2D eigenvalue weighted by atomic mass is 10.2. The molecule has 1 heterocycles. The van der Waals surface area contributed by atoms with Gasteiger partial charge in [0.05, 0.1) is 12.0 Å². The lowest BCUT2D eigenvalue weighted by Gasteiger charge is -2.17. The van der Waals surface area contributed by atoms with Crippen LogP contribution in [0.25, 0.3) is 10.4 Å². The van der Waals surface area contributed by atoms with Gasteiger partial charge in [-0.1, -0.05) is 0 Å². The standard InChI is InChI=1S/C11H11OS2.ClHO4/c1-8-7-11(14-13-8)9-3-5-10(12-2)6-4-9;2-1(3,4)5/h3-7H,1-2H3;(H,2,3,4,5)/q+1;/p-1. The first kappa shape index (κ1) is 16.3. The fourth-order valence-electron chi connectivity index (χ4n) is 1.23. The van der Waals surface area contributed by atoms with E-state index in [0.717, 1.165) is 5.75 Å². The summed E-state index contributed by atoms with van der Waals surface area (Å²) >= 11 is 0. The zero-order valence-corrected chi connectivity index (χ0v) is 12.5. The number of hydrogen-bond acceptors (Lipinski definition) is 6. The van der Waals surface area contributed by atoms with Gasteiger partial charge in [0, 0.05) is 11.6 Å². The first-order valence-electron chi connectivity index (χ1n) is 4.95. The van der Waals surface area contributed by atoms with Crippen LogP contribution in [0.1, 0.15) is 4.88 Å². The maximum atomic E-state index is 8.49. The largest absolute Gasteiger partial charge is 0.497 e. The summed E-state index contributed by atoms with van der Waals surface area (Å²) in [6.07, 6.45) is 0. The van der Waals surface area contributed by atoms with Gasteiger partial charge in [-0.3, -0.25) is 0 Å². The second-order valence-corrected chi connectivity index (χ2v) is 6.57. The monoisotopic (exact) mass is 322 g/mol. The molecule has 0 N–H and O–H groups in total. The van der Waals surface area contributed by atoms with Crippen LogP contribution < -0.4 is 23.4 Å². The topological polar surface area (TPSA) is 101 Å². The van der Waals surface area contributed by atoms with Crippen molar-refractivity contribution in [3.05, 3.63) is 35.2 Å². The third-order valence-corrected chi connectivity index (χ3v) is 4.55. The molecule has 0 radical (unpaired) electrons. The number of benzene rings is 1. The molecule has 0 unspecified atom stereocenters. The van der Waals surface area contributed by atoms with Crippen molar-refractivity contribution in [1.29, 1.82) is 0 Å². The zero-order chi connectivity index (χ0) is 14.5. The van der Waals surface area contributed by atoms with E-state index in [0.29, 0.717) is 0 Å². The molecule has 1 aromatic carbocycles. The molecular formula is C11H11ClO5S2. The summed E-state index contributed by atoms with van der Waals surface area (Å²) in [6, 6.07) is 10.4. The van der Waals surface area contributed by atoms with E-state index in [4.69, 9.17) is 23.4 Å². The Labute approximate surface area is 120 Å². The molecule has 2 aromatic rings. The van der Waals surface area contributed by atoms with Gasteiger partial charge >= 0.3 is 10.3 Å². The highest BCUT2D eigenvalue weighted by Crippen LogP contribution is 2.31. The third kappa shape index (κ3) is 6.79. The van der Waals surface area contributed by atoms with Crippen LogP contribution >= 0.6 is 20.7 Å². The third-order valence-electron chi connectivity index (χ3n) is 1.97. The van der Waals surface area contributed by atoms with Crippen LogP contribution in [-0.2, 0) is 0 Å². The Morgan fingerprint density at radius 1 is 1.11 bits per heavy atom. The molecule has 0 atom stereocenters. The first-order chi connectivity index (χ1) is 8.79. The fraction of sp³-hybridized carbons (Fsp3) is 0.182. The van der Waals surface area contributed by atoms with E-state index in [1.165, 1.54) is 15.3 Å². The van der Waals surface area contributed by atoms with E-state index in [1.807, 2.05) is 32.8 Å². The van der Waals surface area contributed by atoms with E-state index in [2.05, 4.69) is 25.1 Å². The molecule has 0 amide bonds. The number of ether oxygens (including phenoxy) is 1. The lowest BCUT2D eigenvalue weighted by molar-refractivity contribution is -2.00. The molecule has 1 aromatic heterocycles. The molecule has 19 heavy (non-hydrogen) atoms. The van der Waals surface area contributed by atoms with Gasteiger partial charge in [0.2, 0.25) is 0 Å². The number of aryl methyl sites for hydroxylation is 1. The van der Waals surface area contributed by atoms with E-state index in [9.17, 15) is 0 Å². The molecule has 2 rings (SSSR count). The molecule has 8 heteroatoms. The normalized spacial score (nSPS) is 10.6. The minimum atomic E-state index is -4.94. The predicted molar refractivity (Wildman–Crippen MR) is 63.3 cm³/mol. The summed E-state index contributed by atoms with van der Waals surface area (Å²) < 4.78 is 39.1. The molecule has 0 aliphatic heterocycles. The summed E-state index contributed by atoms with van der Waals surface area (Å²) in [7, 11) is 0.379. The molecule has 0 saturated heterocycles. The van der Waals surface area contributed by atoms with Crippen LogP contribution in [0.3, 0.4) is 0 Å². The Balaban J connectivity index is 0.000000312. The van der Waals surface area contributed by atoms with Crippen LogP contribution in [0.15, 0.2) is 30.3 Å². The van der Waals surface area contributed by atoms with Gasteiger partial charge in [-0.05, 0) is 31.2 Å². The maximum Gasteiger partial charge on any atom is 0.300 e. The van der Waals surface area contributed by atoms with E-state index >= 15 is 0 Å². The van der Waals surface area contributed by atoms with Crippen molar-refractivity contribution in [1.82, 2.24) is 0 Å². The first-order valence-corrected chi connectivity index (χ1v) is 8.34. The van der Waals surface area contributed by atoms with Gasteiger partial charge in [-0.15, -0.1) is 10.2 Å².